The number of carboxylic acid groups (broad SMARTS) is 1. The third-order valence-electron chi connectivity index (χ3n) is 2.54. The van der Waals surface area contributed by atoms with Crippen LogP contribution in [0.15, 0.2) is 18.3 Å². The summed E-state index contributed by atoms with van der Waals surface area (Å²) < 4.78 is 5.00. The number of pyridine rings is 1. The molecule has 1 aromatic heterocycles. The smallest absolute Gasteiger partial charge is 0.354 e. The van der Waals surface area contributed by atoms with Crippen molar-refractivity contribution in [1.82, 2.24) is 10.3 Å². The highest BCUT2D eigenvalue weighted by Crippen LogP contribution is 2.01. The highest BCUT2D eigenvalue weighted by Gasteiger charge is 2.11. The lowest BCUT2D eigenvalue weighted by molar-refractivity contribution is -0.123. The molecule has 1 rings (SSSR count). The summed E-state index contributed by atoms with van der Waals surface area (Å²) in [6.45, 7) is 0.561. The molecule has 1 atom stereocenters. The summed E-state index contributed by atoms with van der Waals surface area (Å²) in [5.41, 5.74) is 6.11. The molecule has 7 nitrogen and oxygen atoms in total. The van der Waals surface area contributed by atoms with Gasteiger partial charge in [0.15, 0.2) is 0 Å². The molecule has 104 valence electrons. The van der Waals surface area contributed by atoms with Crippen LogP contribution in [0.3, 0.4) is 0 Å². The van der Waals surface area contributed by atoms with Gasteiger partial charge < -0.3 is 20.9 Å². The zero-order valence-electron chi connectivity index (χ0n) is 10.6. The second-order valence-electron chi connectivity index (χ2n) is 3.93. The first-order valence-electron chi connectivity index (χ1n) is 5.74. The van der Waals surface area contributed by atoms with Gasteiger partial charge in [-0.2, -0.15) is 0 Å². The summed E-state index contributed by atoms with van der Waals surface area (Å²) >= 11 is 0. The van der Waals surface area contributed by atoms with Gasteiger partial charge in [0.2, 0.25) is 5.91 Å². The number of carboxylic acids is 1. The third kappa shape index (κ3) is 5.02. The molecule has 0 saturated heterocycles. The Morgan fingerprint density at radius 3 is 2.74 bits per heavy atom. The number of amides is 1. The number of hydrogen-bond donors (Lipinski definition) is 3. The first-order valence-corrected chi connectivity index (χ1v) is 5.74. The topological polar surface area (TPSA) is 115 Å². The maximum Gasteiger partial charge on any atom is 0.354 e. The van der Waals surface area contributed by atoms with Crippen molar-refractivity contribution in [3.63, 3.8) is 0 Å². The van der Waals surface area contributed by atoms with E-state index in [0.29, 0.717) is 0 Å². The van der Waals surface area contributed by atoms with Crippen LogP contribution in [-0.4, -0.2) is 41.7 Å². The standard InChI is InChI=1S/C12H17N3O4/c1-19-9(5-13)4-11(16)15-7-8-2-3-10(12(17)18)14-6-8/h2-3,6,9H,4-5,7,13H2,1H3,(H,15,16)(H,17,18). The van der Waals surface area contributed by atoms with Crippen LogP contribution in [0.25, 0.3) is 0 Å². The van der Waals surface area contributed by atoms with Crippen molar-refractivity contribution < 1.29 is 19.4 Å². The van der Waals surface area contributed by atoms with E-state index >= 15 is 0 Å². The fourth-order valence-corrected chi connectivity index (χ4v) is 1.40. The lowest BCUT2D eigenvalue weighted by Crippen LogP contribution is -2.31. The van der Waals surface area contributed by atoms with Gasteiger partial charge in [0.1, 0.15) is 5.69 Å². The Morgan fingerprint density at radius 2 is 2.26 bits per heavy atom. The molecule has 0 saturated carbocycles. The number of nitrogens with zero attached hydrogens (tertiary/aromatic N) is 1. The van der Waals surface area contributed by atoms with Crippen LogP contribution in [0.4, 0.5) is 0 Å². The average molecular weight is 267 g/mol. The summed E-state index contributed by atoms with van der Waals surface area (Å²) in [5, 5.41) is 11.4. The van der Waals surface area contributed by atoms with Crippen molar-refractivity contribution in [3.05, 3.63) is 29.6 Å². The average Bonchev–Trinajstić information content (AvgIpc) is 2.43. The number of ether oxygens (including phenoxy) is 1. The number of carbonyl (C=O) groups excluding carboxylic acids is 1. The third-order valence-corrected chi connectivity index (χ3v) is 2.54. The van der Waals surface area contributed by atoms with Gasteiger partial charge in [0, 0.05) is 26.4 Å². The number of nitrogens with one attached hydrogen (secondary N) is 1. The molecule has 0 radical (unpaired) electrons. The van der Waals surface area contributed by atoms with Gasteiger partial charge >= 0.3 is 5.97 Å². The number of rotatable bonds is 7. The monoisotopic (exact) mass is 267 g/mol. The molecule has 0 fully saturated rings. The van der Waals surface area contributed by atoms with Gasteiger partial charge in [-0.15, -0.1) is 0 Å². The highest BCUT2D eigenvalue weighted by atomic mass is 16.5. The Balaban J connectivity index is 2.43. The molecular formula is C12H17N3O4. The fourth-order valence-electron chi connectivity index (χ4n) is 1.40. The van der Waals surface area contributed by atoms with Gasteiger partial charge in [-0.05, 0) is 11.6 Å². The molecule has 19 heavy (non-hydrogen) atoms. The number of aromatic nitrogens is 1. The Kier molecular flexibility index (Phi) is 5.91. The quantitative estimate of drug-likeness (QED) is 0.628. The van der Waals surface area contributed by atoms with E-state index in [2.05, 4.69) is 10.3 Å². The predicted molar refractivity (Wildman–Crippen MR) is 67.5 cm³/mol. The van der Waals surface area contributed by atoms with Crippen molar-refractivity contribution in [1.29, 1.82) is 0 Å². The van der Waals surface area contributed by atoms with Gasteiger partial charge in [-0.1, -0.05) is 6.07 Å². The van der Waals surface area contributed by atoms with E-state index < -0.39 is 5.97 Å². The predicted octanol–water partition coefficient (Wildman–Crippen LogP) is -0.240. The number of hydrogen-bond acceptors (Lipinski definition) is 5. The Hall–Kier alpha value is -1.99. The molecule has 0 aliphatic heterocycles. The van der Waals surface area contributed by atoms with Gasteiger partial charge in [0.25, 0.3) is 0 Å². The number of carbonyl (C=O) groups is 2. The molecule has 0 bridgehead atoms. The van der Waals surface area contributed by atoms with Crippen LogP contribution in [0.5, 0.6) is 0 Å². The Morgan fingerprint density at radius 1 is 1.53 bits per heavy atom. The van der Waals surface area contributed by atoms with Crippen molar-refractivity contribution >= 4 is 11.9 Å². The molecule has 1 unspecified atom stereocenters. The molecule has 0 spiro atoms. The second-order valence-corrected chi connectivity index (χ2v) is 3.93. The first-order chi connectivity index (χ1) is 9.06. The van der Waals surface area contributed by atoms with Gasteiger partial charge in [-0.25, -0.2) is 9.78 Å². The molecule has 1 aromatic rings. The molecule has 1 amide bonds. The number of aromatic carboxylic acids is 1. The molecule has 0 aliphatic carbocycles. The maximum atomic E-state index is 11.6. The van der Waals surface area contributed by atoms with Crippen LogP contribution in [0.2, 0.25) is 0 Å². The second kappa shape index (κ2) is 7.45. The van der Waals surface area contributed by atoms with Crippen molar-refractivity contribution in [2.24, 2.45) is 5.73 Å². The van der Waals surface area contributed by atoms with E-state index in [1.165, 1.54) is 19.4 Å². The zero-order chi connectivity index (χ0) is 14.3. The summed E-state index contributed by atoms with van der Waals surface area (Å²) in [6, 6.07) is 3.00. The molecule has 7 heteroatoms. The normalized spacial score (nSPS) is 11.9. The van der Waals surface area contributed by atoms with Gasteiger partial charge in [0.05, 0.1) is 12.5 Å². The lowest BCUT2D eigenvalue weighted by atomic mass is 10.2. The maximum absolute atomic E-state index is 11.6. The van der Waals surface area contributed by atoms with E-state index in [1.807, 2.05) is 0 Å². The zero-order valence-corrected chi connectivity index (χ0v) is 10.6. The largest absolute Gasteiger partial charge is 0.477 e. The first kappa shape index (κ1) is 15.1. The van der Waals surface area contributed by atoms with Crippen molar-refractivity contribution in [2.75, 3.05) is 13.7 Å². The summed E-state index contributed by atoms with van der Waals surface area (Å²) in [5.74, 6) is -1.26. The number of nitrogens with two attached hydrogens (primary N) is 1. The van der Waals surface area contributed by atoms with E-state index in [4.69, 9.17) is 15.6 Å². The molecule has 4 N–H and O–H groups in total. The highest BCUT2D eigenvalue weighted by molar-refractivity contribution is 5.85. The van der Waals surface area contributed by atoms with Crippen LogP contribution in [0.1, 0.15) is 22.5 Å². The van der Waals surface area contributed by atoms with Crippen molar-refractivity contribution in [2.45, 2.75) is 19.1 Å². The molecule has 0 aromatic carbocycles. The minimum atomic E-state index is -1.08. The van der Waals surface area contributed by atoms with Crippen LogP contribution >= 0.6 is 0 Å². The summed E-state index contributed by atoms with van der Waals surface area (Å²) in [4.78, 5) is 25.9. The minimum Gasteiger partial charge on any atom is -0.477 e. The van der Waals surface area contributed by atoms with E-state index in [0.717, 1.165) is 5.56 Å². The summed E-state index contributed by atoms with van der Waals surface area (Å²) in [6.07, 6.45) is 1.31. The minimum absolute atomic E-state index is 0.0299. The Bertz CT molecular complexity index is 429. The van der Waals surface area contributed by atoms with Crippen LogP contribution in [0, 0.1) is 0 Å². The van der Waals surface area contributed by atoms with Crippen LogP contribution in [-0.2, 0) is 16.1 Å². The molecule has 0 aliphatic rings. The molecular weight excluding hydrogens is 250 g/mol. The van der Waals surface area contributed by atoms with Crippen molar-refractivity contribution in [3.8, 4) is 0 Å². The summed E-state index contributed by atoms with van der Waals surface area (Å²) in [7, 11) is 1.50. The fraction of sp³-hybridized carbons (Fsp3) is 0.417. The lowest BCUT2D eigenvalue weighted by Gasteiger charge is -2.12. The van der Waals surface area contributed by atoms with Gasteiger partial charge in [-0.3, -0.25) is 4.79 Å². The van der Waals surface area contributed by atoms with E-state index in [1.54, 1.807) is 6.07 Å². The van der Waals surface area contributed by atoms with E-state index in [9.17, 15) is 9.59 Å². The Labute approximate surface area is 110 Å². The van der Waals surface area contributed by atoms with Crippen LogP contribution < -0.4 is 11.1 Å². The number of methoxy groups -OCH3 is 1. The SMILES string of the molecule is COC(CN)CC(=O)NCc1ccc(C(=O)O)nc1. The molecule has 1 heterocycles. The van der Waals surface area contributed by atoms with E-state index in [-0.39, 0.29) is 37.2 Å².